The lowest BCUT2D eigenvalue weighted by Gasteiger charge is -2.05. The second-order valence-electron chi connectivity index (χ2n) is 5.75. The van der Waals surface area contributed by atoms with E-state index in [1.165, 1.54) is 6.38 Å². The molecule has 29 heavy (non-hydrogen) atoms. The average molecular weight is 422 g/mol. The number of aromatic nitrogens is 2. The number of carbonyl (C=O) groups is 2. The lowest BCUT2D eigenvalue weighted by Crippen LogP contribution is -2.11. The van der Waals surface area contributed by atoms with Crippen molar-refractivity contribution in [2.45, 2.75) is 19.0 Å². The van der Waals surface area contributed by atoms with Crippen molar-refractivity contribution in [3.63, 3.8) is 0 Å². The second kappa shape index (κ2) is 12.4. The van der Waals surface area contributed by atoms with E-state index in [0.717, 1.165) is 23.2 Å². The summed E-state index contributed by atoms with van der Waals surface area (Å²) in [5, 5.41) is 7.17. The van der Waals surface area contributed by atoms with Crippen LogP contribution in [0.3, 0.4) is 0 Å². The number of alkyl halides is 2. The molecule has 156 valence electrons. The largest absolute Gasteiger partial charge is 0.372 e. The number of allylic oxidation sites excluding steroid dienone is 4. The molecule has 7 nitrogen and oxygen atoms in total. The highest BCUT2D eigenvalue weighted by molar-refractivity contribution is 6.15. The van der Waals surface area contributed by atoms with Gasteiger partial charge in [-0.25, -0.2) is 9.07 Å². The molecule has 2 aromatic rings. The Morgan fingerprint density at radius 1 is 1.34 bits per heavy atom. The molecule has 5 N–H and O–H groups in total. The van der Waals surface area contributed by atoms with Crippen LogP contribution in [-0.2, 0) is 4.79 Å². The summed E-state index contributed by atoms with van der Waals surface area (Å²) in [5.74, 6) is -0.0910. The van der Waals surface area contributed by atoms with Gasteiger partial charge in [-0.1, -0.05) is 30.4 Å². The Morgan fingerprint density at radius 2 is 1.97 bits per heavy atom. The lowest BCUT2D eigenvalue weighted by atomic mass is 10.0. The monoisotopic (exact) mass is 421 g/mol. The van der Waals surface area contributed by atoms with Crippen LogP contribution in [-0.4, -0.2) is 41.7 Å². The molecule has 1 heterocycles. The molecule has 0 aliphatic heterocycles. The fourth-order valence-electron chi connectivity index (χ4n) is 2.66. The number of benzene rings is 1. The van der Waals surface area contributed by atoms with Crippen molar-refractivity contribution in [3.8, 4) is 5.69 Å². The minimum Gasteiger partial charge on any atom is -0.372 e. The number of anilines is 1. The summed E-state index contributed by atoms with van der Waals surface area (Å²) in [4.78, 5) is 20.0. The molecule has 0 saturated carbocycles. The Balaban J connectivity index is 0.000000771. The van der Waals surface area contributed by atoms with Crippen LogP contribution in [0.25, 0.3) is 11.3 Å². The Morgan fingerprint density at radius 3 is 2.48 bits per heavy atom. The van der Waals surface area contributed by atoms with Gasteiger partial charge in [0.25, 0.3) is 5.91 Å². The van der Waals surface area contributed by atoms with Gasteiger partial charge in [-0.3, -0.25) is 9.59 Å². The van der Waals surface area contributed by atoms with Crippen LogP contribution in [0.5, 0.6) is 0 Å². The molecule has 9 heteroatoms. The topological polar surface area (TPSA) is 116 Å². The summed E-state index contributed by atoms with van der Waals surface area (Å²) >= 11 is 4.64. The molecule has 1 unspecified atom stereocenters. The molecule has 0 spiro atoms. The van der Waals surface area contributed by atoms with Gasteiger partial charge in [-0.05, 0) is 36.1 Å². The summed E-state index contributed by atoms with van der Waals surface area (Å²) in [6, 6.07) is 7.71. The molecule has 0 saturated heterocycles. The van der Waals surface area contributed by atoms with Gasteiger partial charge in [0.05, 0.1) is 5.69 Å². The van der Waals surface area contributed by atoms with Crippen LogP contribution in [0.2, 0.25) is 0 Å². The van der Waals surface area contributed by atoms with Crippen LogP contribution in [0, 0.1) is 0 Å². The first-order valence-electron chi connectivity index (χ1n) is 8.73. The average Bonchev–Trinajstić information content (AvgIpc) is 3.06. The predicted octanol–water partition coefficient (Wildman–Crippen LogP) is 3.04. The maximum Gasteiger partial charge on any atom is 0.254 e. The van der Waals surface area contributed by atoms with Gasteiger partial charge in [0.1, 0.15) is 11.7 Å². The Kier molecular flexibility index (Phi) is 10.2. The SMILES string of the molecule is CCl.CNc1nn(-c2ccc(C3=CCCC(F)C=C3)cc2)cc1C(N)=O.NC=O. The van der Waals surface area contributed by atoms with Gasteiger partial charge in [0.15, 0.2) is 5.82 Å². The zero-order valence-corrected chi connectivity index (χ0v) is 17.1. The number of nitrogens with two attached hydrogens (primary N) is 2. The summed E-state index contributed by atoms with van der Waals surface area (Å²) < 4.78 is 15.0. The number of nitrogens with one attached hydrogen (secondary N) is 1. The van der Waals surface area contributed by atoms with Crippen molar-refractivity contribution >= 4 is 35.3 Å². The minimum atomic E-state index is -0.880. The highest BCUT2D eigenvalue weighted by Crippen LogP contribution is 2.24. The van der Waals surface area contributed by atoms with Crippen molar-refractivity contribution < 1.29 is 14.0 Å². The van der Waals surface area contributed by atoms with Gasteiger partial charge < -0.3 is 16.8 Å². The third-order valence-corrected chi connectivity index (χ3v) is 3.97. The van der Waals surface area contributed by atoms with Crippen molar-refractivity contribution in [1.29, 1.82) is 0 Å². The van der Waals surface area contributed by atoms with Crippen LogP contribution < -0.4 is 16.8 Å². The highest BCUT2D eigenvalue weighted by atomic mass is 35.5. The summed E-state index contributed by atoms with van der Waals surface area (Å²) in [6.45, 7) is 0. The normalized spacial score (nSPS) is 14.9. The molecule has 3 rings (SSSR count). The van der Waals surface area contributed by atoms with Crippen LogP contribution in [0.4, 0.5) is 10.2 Å². The molecule has 1 atom stereocenters. The zero-order valence-electron chi connectivity index (χ0n) is 16.3. The van der Waals surface area contributed by atoms with Gasteiger partial charge in [-0.2, -0.15) is 0 Å². The first-order valence-corrected chi connectivity index (χ1v) is 9.49. The number of hydrogen-bond acceptors (Lipinski definition) is 4. The van der Waals surface area contributed by atoms with Gasteiger partial charge in [0.2, 0.25) is 6.41 Å². The van der Waals surface area contributed by atoms with Crippen molar-refractivity contribution in [2.24, 2.45) is 11.5 Å². The van der Waals surface area contributed by atoms with Gasteiger partial charge >= 0.3 is 0 Å². The summed E-state index contributed by atoms with van der Waals surface area (Å²) in [7, 11) is 1.69. The van der Waals surface area contributed by atoms with Crippen LogP contribution >= 0.6 is 11.6 Å². The Labute approximate surface area is 174 Å². The van der Waals surface area contributed by atoms with E-state index in [2.05, 4.69) is 27.8 Å². The summed E-state index contributed by atoms with van der Waals surface area (Å²) in [5.41, 5.74) is 12.7. The maximum atomic E-state index is 13.4. The second-order valence-corrected chi connectivity index (χ2v) is 5.75. The molecular formula is C20H25ClFN5O2. The van der Waals surface area contributed by atoms with Crippen LogP contribution in [0.15, 0.2) is 48.7 Å². The van der Waals surface area contributed by atoms with Crippen molar-refractivity contribution in [3.05, 3.63) is 59.8 Å². The number of nitrogens with zero attached hydrogens (tertiary/aromatic N) is 2. The fraction of sp³-hybridized carbons (Fsp3) is 0.250. The van der Waals surface area contributed by atoms with E-state index >= 15 is 0 Å². The molecule has 0 fully saturated rings. The number of hydrogen-bond donors (Lipinski definition) is 3. The molecular weight excluding hydrogens is 397 g/mol. The third kappa shape index (κ3) is 6.76. The van der Waals surface area contributed by atoms with E-state index in [9.17, 15) is 9.18 Å². The number of halogens is 2. The molecule has 0 bridgehead atoms. The third-order valence-electron chi connectivity index (χ3n) is 3.97. The number of amides is 2. The van der Waals surface area contributed by atoms with Gasteiger partial charge in [-0.15, -0.1) is 16.7 Å². The Bertz CT molecular complexity index is 862. The molecule has 0 radical (unpaired) electrons. The van der Waals surface area contributed by atoms with Gasteiger partial charge in [0, 0.05) is 19.6 Å². The van der Waals surface area contributed by atoms with Crippen molar-refractivity contribution in [1.82, 2.24) is 9.78 Å². The standard InChI is InChI=1S/C18H19FN4O.CH3Cl.CH3NO/c1-21-18-16(17(20)24)11-23(22-18)15-9-6-13(7-10-15)12-3-2-4-14(19)8-5-12;1-2;2-1-3/h3,5-11,14H,2,4H2,1H3,(H2,20,24)(H,21,22);1H3;1H,(H2,2,3). The fourth-order valence-corrected chi connectivity index (χ4v) is 2.66. The smallest absolute Gasteiger partial charge is 0.254 e. The zero-order chi connectivity index (χ0) is 21.8. The molecule has 1 aliphatic rings. The first-order chi connectivity index (χ1) is 14.0. The lowest BCUT2D eigenvalue weighted by molar-refractivity contribution is -0.106. The molecule has 2 amide bonds. The van der Waals surface area contributed by atoms with E-state index in [1.807, 2.05) is 36.4 Å². The quantitative estimate of drug-likeness (QED) is 0.519. The summed E-state index contributed by atoms with van der Waals surface area (Å²) in [6.07, 6.45) is 9.15. The number of primary amides is 2. The molecule has 1 aromatic carbocycles. The minimum absolute atomic E-state index is 0.250. The van der Waals surface area contributed by atoms with Crippen LogP contribution in [0.1, 0.15) is 28.8 Å². The highest BCUT2D eigenvalue weighted by Gasteiger charge is 2.13. The number of carbonyl (C=O) groups excluding carboxylic acids is 2. The van der Waals surface area contributed by atoms with E-state index < -0.39 is 12.1 Å². The van der Waals surface area contributed by atoms with E-state index in [-0.39, 0.29) is 6.41 Å². The van der Waals surface area contributed by atoms with E-state index in [0.29, 0.717) is 17.8 Å². The maximum absolute atomic E-state index is 13.4. The molecule has 1 aromatic heterocycles. The number of rotatable bonds is 4. The first kappa shape index (κ1) is 23.9. The van der Waals surface area contributed by atoms with E-state index in [1.54, 1.807) is 24.0 Å². The Hall–Kier alpha value is -3.13. The molecule has 1 aliphatic carbocycles. The predicted molar refractivity (Wildman–Crippen MR) is 115 cm³/mol. The van der Waals surface area contributed by atoms with E-state index in [4.69, 9.17) is 10.5 Å². The van der Waals surface area contributed by atoms with Crippen molar-refractivity contribution in [2.75, 3.05) is 18.7 Å².